The Morgan fingerprint density at radius 2 is 1.88 bits per heavy atom. The number of hydrogen-bond donors (Lipinski definition) is 2. The lowest BCUT2D eigenvalue weighted by Gasteiger charge is -2.27. The molecule has 3 aromatic rings. The number of nitrogens with one attached hydrogen (secondary N) is 2. The first-order valence-corrected chi connectivity index (χ1v) is 11.0. The SMILES string of the molecule is CCOC(=O)C1=C(COC(=O)c2c(C)c(CC)nc3ccccc23)NC(=O)NC1c1ccco1. The van der Waals surface area contributed by atoms with Gasteiger partial charge in [-0.05, 0) is 44.0 Å². The second kappa shape index (κ2) is 9.78. The van der Waals surface area contributed by atoms with E-state index in [1.54, 1.807) is 19.1 Å². The van der Waals surface area contributed by atoms with Gasteiger partial charge in [-0.1, -0.05) is 25.1 Å². The van der Waals surface area contributed by atoms with Crippen LogP contribution in [0, 0.1) is 6.92 Å². The van der Waals surface area contributed by atoms with Crippen molar-refractivity contribution in [3.05, 3.63) is 76.5 Å². The summed E-state index contributed by atoms with van der Waals surface area (Å²) in [6.45, 7) is 5.27. The zero-order valence-corrected chi connectivity index (χ0v) is 19.1. The standard InChI is InChI=1S/C25H25N3O6/c1-4-16-14(3)20(15-9-6-7-10-17(15)26-16)23(29)34-13-18-21(24(30)32-5-2)22(28-25(31)27-18)19-11-8-12-33-19/h6-12,22H,4-5,13H2,1-3H3,(H2,27,28,31). The number of ether oxygens (including phenoxy) is 2. The van der Waals surface area contributed by atoms with Gasteiger partial charge in [-0.25, -0.2) is 14.4 Å². The Balaban J connectivity index is 1.70. The van der Waals surface area contributed by atoms with Crippen molar-refractivity contribution >= 4 is 28.9 Å². The molecular formula is C25H25N3O6. The van der Waals surface area contributed by atoms with E-state index in [0.29, 0.717) is 28.6 Å². The fraction of sp³-hybridized carbons (Fsp3) is 0.280. The quantitative estimate of drug-likeness (QED) is 0.512. The maximum Gasteiger partial charge on any atom is 0.339 e. The van der Waals surface area contributed by atoms with Crippen LogP contribution in [0.15, 0.2) is 58.3 Å². The molecular weight excluding hydrogens is 438 g/mol. The Hall–Kier alpha value is -4.14. The Morgan fingerprint density at radius 3 is 2.59 bits per heavy atom. The summed E-state index contributed by atoms with van der Waals surface area (Å²) in [7, 11) is 0. The van der Waals surface area contributed by atoms with Crippen LogP contribution in [0.1, 0.15) is 47.3 Å². The van der Waals surface area contributed by atoms with Crippen molar-refractivity contribution in [2.45, 2.75) is 33.2 Å². The number of aromatic nitrogens is 1. The Labute approximate surface area is 196 Å². The average molecular weight is 463 g/mol. The molecule has 9 heteroatoms. The third-order valence-electron chi connectivity index (χ3n) is 5.60. The molecule has 2 aromatic heterocycles. The maximum atomic E-state index is 13.2. The summed E-state index contributed by atoms with van der Waals surface area (Å²) in [6.07, 6.45) is 2.09. The van der Waals surface area contributed by atoms with Crippen LogP contribution in [-0.2, 0) is 20.7 Å². The average Bonchev–Trinajstić information content (AvgIpc) is 3.37. The van der Waals surface area contributed by atoms with Gasteiger partial charge >= 0.3 is 18.0 Å². The van der Waals surface area contributed by atoms with Crippen molar-refractivity contribution in [2.24, 2.45) is 0 Å². The summed E-state index contributed by atoms with van der Waals surface area (Å²) in [6, 6.07) is 9.18. The number of hydrogen-bond acceptors (Lipinski definition) is 7. The number of para-hydroxylation sites is 1. The molecule has 0 bridgehead atoms. The molecule has 0 saturated heterocycles. The van der Waals surface area contributed by atoms with Crippen molar-refractivity contribution in [3.63, 3.8) is 0 Å². The molecule has 0 aliphatic carbocycles. The third-order valence-corrected chi connectivity index (χ3v) is 5.60. The predicted octanol–water partition coefficient (Wildman–Crippen LogP) is 3.73. The van der Waals surface area contributed by atoms with Crippen LogP contribution in [-0.4, -0.2) is 36.2 Å². The number of esters is 2. The van der Waals surface area contributed by atoms with Crippen molar-refractivity contribution in [1.29, 1.82) is 0 Å². The van der Waals surface area contributed by atoms with Gasteiger partial charge in [0, 0.05) is 11.1 Å². The number of amides is 2. The molecule has 0 fully saturated rings. The van der Waals surface area contributed by atoms with Crippen LogP contribution in [0.5, 0.6) is 0 Å². The Bertz CT molecular complexity index is 1280. The van der Waals surface area contributed by atoms with Crippen LogP contribution in [0.25, 0.3) is 10.9 Å². The van der Waals surface area contributed by atoms with E-state index >= 15 is 0 Å². The summed E-state index contributed by atoms with van der Waals surface area (Å²) in [5.74, 6) is -0.879. The Morgan fingerprint density at radius 1 is 1.09 bits per heavy atom. The summed E-state index contributed by atoms with van der Waals surface area (Å²) >= 11 is 0. The van der Waals surface area contributed by atoms with Gasteiger partial charge in [0.25, 0.3) is 0 Å². The minimum absolute atomic E-state index is 0.106. The number of carbonyl (C=O) groups excluding carboxylic acids is 3. The second-order valence-corrected chi connectivity index (χ2v) is 7.66. The van der Waals surface area contributed by atoms with Crippen molar-refractivity contribution < 1.29 is 28.3 Å². The van der Waals surface area contributed by atoms with Crippen molar-refractivity contribution in [2.75, 3.05) is 13.2 Å². The highest BCUT2D eigenvalue weighted by atomic mass is 16.5. The molecule has 4 rings (SSSR count). The fourth-order valence-electron chi connectivity index (χ4n) is 4.03. The monoisotopic (exact) mass is 463 g/mol. The number of carbonyl (C=O) groups is 3. The predicted molar refractivity (Wildman–Crippen MR) is 123 cm³/mol. The van der Waals surface area contributed by atoms with Gasteiger partial charge < -0.3 is 24.5 Å². The van der Waals surface area contributed by atoms with Crippen LogP contribution >= 0.6 is 0 Å². The minimum atomic E-state index is -0.883. The molecule has 1 aromatic carbocycles. The number of pyridine rings is 1. The van der Waals surface area contributed by atoms with Gasteiger partial charge in [0.05, 0.1) is 35.2 Å². The molecule has 0 radical (unpaired) electrons. The molecule has 1 aliphatic heterocycles. The first kappa shape index (κ1) is 23.0. The minimum Gasteiger partial charge on any atom is -0.467 e. The molecule has 34 heavy (non-hydrogen) atoms. The number of benzene rings is 1. The lowest BCUT2D eigenvalue weighted by atomic mass is 9.99. The van der Waals surface area contributed by atoms with E-state index in [1.807, 2.05) is 38.1 Å². The Kier molecular flexibility index (Phi) is 6.62. The normalized spacial score (nSPS) is 15.6. The maximum absolute atomic E-state index is 13.2. The summed E-state index contributed by atoms with van der Waals surface area (Å²) in [5, 5.41) is 5.90. The lowest BCUT2D eigenvalue weighted by Crippen LogP contribution is -2.47. The summed E-state index contributed by atoms with van der Waals surface area (Å²) < 4.78 is 16.2. The number of furan rings is 1. The van der Waals surface area contributed by atoms with E-state index < -0.39 is 24.0 Å². The van der Waals surface area contributed by atoms with E-state index in [-0.39, 0.29) is 24.5 Å². The molecule has 2 amide bonds. The molecule has 0 spiro atoms. The van der Waals surface area contributed by atoms with Gasteiger partial charge in [0.2, 0.25) is 0 Å². The summed E-state index contributed by atoms with van der Waals surface area (Å²) in [5.41, 5.74) is 2.86. The highest BCUT2D eigenvalue weighted by molar-refractivity contribution is 6.05. The van der Waals surface area contributed by atoms with Crippen LogP contribution < -0.4 is 10.6 Å². The zero-order valence-electron chi connectivity index (χ0n) is 19.1. The molecule has 2 N–H and O–H groups in total. The fourth-order valence-corrected chi connectivity index (χ4v) is 4.03. The van der Waals surface area contributed by atoms with E-state index in [0.717, 1.165) is 11.3 Å². The molecule has 9 nitrogen and oxygen atoms in total. The highest BCUT2D eigenvalue weighted by Crippen LogP contribution is 2.29. The largest absolute Gasteiger partial charge is 0.467 e. The van der Waals surface area contributed by atoms with Gasteiger partial charge in [-0.3, -0.25) is 4.98 Å². The van der Waals surface area contributed by atoms with E-state index in [1.165, 1.54) is 6.26 Å². The number of nitrogens with zero attached hydrogens (tertiary/aromatic N) is 1. The number of rotatable bonds is 7. The van der Waals surface area contributed by atoms with E-state index in [9.17, 15) is 14.4 Å². The highest BCUT2D eigenvalue weighted by Gasteiger charge is 2.36. The van der Waals surface area contributed by atoms with Crippen LogP contribution in [0.3, 0.4) is 0 Å². The smallest absolute Gasteiger partial charge is 0.339 e. The van der Waals surface area contributed by atoms with Crippen LogP contribution in [0.4, 0.5) is 4.79 Å². The first-order chi connectivity index (χ1) is 16.4. The topological polar surface area (TPSA) is 120 Å². The van der Waals surface area contributed by atoms with Crippen LogP contribution in [0.2, 0.25) is 0 Å². The molecule has 1 aliphatic rings. The first-order valence-electron chi connectivity index (χ1n) is 11.0. The van der Waals surface area contributed by atoms with Crippen molar-refractivity contribution in [1.82, 2.24) is 15.6 Å². The van der Waals surface area contributed by atoms with E-state index in [4.69, 9.17) is 13.9 Å². The summed E-state index contributed by atoms with van der Waals surface area (Å²) in [4.78, 5) is 43.0. The molecule has 176 valence electrons. The second-order valence-electron chi connectivity index (χ2n) is 7.66. The number of aryl methyl sites for hydroxylation is 1. The van der Waals surface area contributed by atoms with Gasteiger partial charge in [0.1, 0.15) is 18.4 Å². The third kappa shape index (κ3) is 4.36. The molecule has 3 heterocycles. The van der Waals surface area contributed by atoms with Gasteiger partial charge in [-0.15, -0.1) is 0 Å². The van der Waals surface area contributed by atoms with Gasteiger partial charge in [0.15, 0.2) is 0 Å². The van der Waals surface area contributed by atoms with E-state index in [2.05, 4.69) is 15.6 Å². The molecule has 1 atom stereocenters. The molecule has 0 saturated carbocycles. The van der Waals surface area contributed by atoms with Gasteiger partial charge in [-0.2, -0.15) is 0 Å². The number of fused-ring (bicyclic) bond motifs is 1. The number of urea groups is 1. The lowest BCUT2D eigenvalue weighted by molar-refractivity contribution is -0.139. The zero-order chi connectivity index (χ0) is 24.2. The molecule has 1 unspecified atom stereocenters. The van der Waals surface area contributed by atoms with Crippen molar-refractivity contribution in [3.8, 4) is 0 Å².